The van der Waals surface area contributed by atoms with Crippen LogP contribution in [0.15, 0.2) is 36.5 Å². The number of fused-ring (bicyclic) bond motifs is 1. The molecule has 0 saturated carbocycles. The number of nitriles is 2. The molecule has 2 heterocycles. The number of nitrogens with zero attached hydrogens (tertiary/aromatic N) is 5. The molecule has 0 unspecified atom stereocenters. The number of nitrogens with one attached hydrogen (secondary N) is 1. The van der Waals surface area contributed by atoms with Crippen LogP contribution < -0.4 is 9.47 Å². The summed E-state index contributed by atoms with van der Waals surface area (Å²) in [6.07, 6.45) is 1.50. The van der Waals surface area contributed by atoms with Crippen molar-refractivity contribution in [2.45, 2.75) is 26.9 Å². The summed E-state index contributed by atoms with van der Waals surface area (Å²) < 4.78 is 11.5. The Hall–Kier alpha value is -4.43. The predicted molar refractivity (Wildman–Crippen MR) is 118 cm³/mol. The predicted octanol–water partition coefficient (Wildman–Crippen LogP) is 4.53. The number of aromatic nitrogens is 4. The van der Waals surface area contributed by atoms with E-state index in [1.807, 2.05) is 39.0 Å². The van der Waals surface area contributed by atoms with E-state index in [2.05, 4.69) is 32.5 Å². The van der Waals surface area contributed by atoms with Crippen molar-refractivity contribution in [3.8, 4) is 34.9 Å². The molecular formula is C24H20N6O2. The van der Waals surface area contributed by atoms with Gasteiger partial charge in [0, 0.05) is 16.5 Å². The molecular weight excluding hydrogens is 404 g/mol. The van der Waals surface area contributed by atoms with Gasteiger partial charge in [-0.25, -0.2) is 0 Å². The first kappa shape index (κ1) is 20.8. The highest BCUT2D eigenvalue weighted by atomic mass is 16.5. The van der Waals surface area contributed by atoms with Gasteiger partial charge in [0.15, 0.2) is 5.75 Å². The zero-order valence-electron chi connectivity index (χ0n) is 18.1. The van der Waals surface area contributed by atoms with Gasteiger partial charge in [0.25, 0.3) is 0 Å². The van der Waals surface area contributed by atoms with Crippen LogP contribution in [-0.2, 0) is 0 Å². The second-order valence-electron chi connectivity index (χ2n) is 7.39. The van der Waals surface area contributed by atoms with Crippen molar-refractivity contribution in [2.24, 2.45) is 0 Å². The van der Waals surface area contributed by atoms with Crippen LogP contribution in [0, 0.1) is 36.5 Å². The SMILES string of the molecule is COc1c(C#N)cc(-c2n[nH]c3ccc(O[C@H](C)c4c(C)cnnc4C)cc23)cc1C#N. The molecule has 0 amide bonds. The monoisotopic (exact) mass is 424 g/mol. The van der Waals surface area contributed by atoms with Crippen LogP contribution in [0.1, 0.15) is 41.0 Å². The van der Waals surface area contributed by atoms with E-state index in [0.29, 0.717) is 17.0 Å². The molecule has 1 N–H and O–H groups in total. The van der Waals surface area contributed by atoms with Crippen molar-refractivity contribution in [3.63, 3.8) is 0 Å². The molecule has 0 aliphatic carbocycles. The van der Waals surface area contributed by atoms with Gasteiger partial charge in [-0.15, -0.1) is 0 Å². The zero-order valence-corrected chi connectivity index (χ0v) is 18.1. The van der Waals surface area contributed by atoms with E-state index in [-0.39, 0.29) is 23.0 Å². The van der Waals surface area contributed by atoms with Crippen molar-refractivity contribution in [3.05, 3.63) is 64.5 Å². The van der Waals surface area contributed by atoms with Crippen molar-refractivity contribution >= 4 is 10.9 Å². The van der Waals surface area contributed by atoms with E-state index >= 15 is 0 Å². The van der Waals surface area contributed by atoms with E-state index < -0.39 is 0 Å². The molecule has 0 radical (unpaired) electrons. The number of rotatable bonds is 5. The quantitative estimate of drug-likeness (QED) is 0.500. The molecule has 0 fully saturated rings. The average Bonchev–Trinajstić information content (AvgIpc) is 3.21. The fraction of sp³-hybridized carbons (Fsp3) is 0.208. The largest absolute Gasteiger partial charge is 0.494 e. The zero-order chi connectivity index (χ0) is 22.8. The van der Waals surface area contributed by atoms with Gasteiger partial charge in [0.1, 0.15) is 29.7 Å². The summed E-state index contributed by atoms with van der Waals surface area (Å²) in [4.78, 5) is 0. The minimum atomic E-state index is -0.227. The molecule has 158 valence electrons. The van der Waals surface area contributed by atoms with E-state index in [1.165, 1.54) is 7.11 Å². The lowest BCUT2D eigenvalue weighted by Crippen LogP contribution is -2.09. The Kier molecular flexibility index (Phi) is 5.44. The molecule has 8 heteroatoms. The van der Waals surface area contributed by atoms with Crippen LogP contribution in [0.3, 0.4) is 0 Å². The van der Waals surface area contributed by atoms with Gasteiger partial charge in [-0.05, 0) is 56.7 Å². The maximum Gasteiger partial charge on any atom is 0.154 e. The van der Waals surface area contributed by atoms with E-state index in [0.717, 1.165) is 27.7 Å². The number of ether oxygens (including phenoxy) is 2. The van der Waals surface area contributed by atoms with Crippen LogP contribution in [-0.4, -0.2) is 27.5 Å². The standard InChI is InChI=1S/C24H20N6O2/c1-13-12-27-28-14(2)22(13)15(3)32-19-5-6-21-20(9-19)23(30-29-21)16-7-17(10-25)24(31-4)18(8-16)11-26/h5-9,12,15H,1-4H3,(H,29,30)/t15-/m1/s1. The van der Waals surface area contributed by atoms with Crippen LogP contribution >= 0.6 is 0 Å². The van der Waals surface area contributed by atoms with Crippen molar-refractivity contribution < 1.29 is 9.47 Å². The molecule has 0 spiro atoms. The summed E-state index contributed by atoms with van der Waals surface area (Å²) in [7, 11) is 1.44. The first-order valence-electron chi connectivity index (χ1n) is 9.93. The Morgan fingerprint density at radius 1 is 1.06 bits per heavy atom. The summed E-state index contributed by atoms with van der Waals surface area (Å²) in [5, 5.41) is 35.4. The molecule has 2 aromatic heterocycles. The molecule has 1 atom stereocenters. The Morgan fingerprint density at radius 2 is 1.78 bits per heavy atom. The minimum absolute atomic E-state index is 0.227. The topological polar surface area (TPSA) is 120 Å². The Bertz CT molecular complexity index is 1360. The smallest absolute Gasteiger partial charge is 0.154 e. The first-order chi connectivity index (χ1) is 15.5. The van der Waals surface area contributed by atoms with E-state index in [1.54, 1.807) is 18.3 Å². The van der Waals surface area contributed by atoms with Gasteiger partial charge in [0.2, 0.25) is 0 Å². The van der Waals surface area contributed by atoms with Crippen LogP contribution in [0.5, 0.6) is 11.5 Å². The third kappa shape index (κ3) is 3.59. The first-order valence-corrected chi connectivity index (χ1v) is 9.93. The number of aryl methyl sites for hydroxylation is 2. The third-order valence-electron chi connectivity index (χ3n) is 5.33. The Labute approximate surface area is 185 Å². The highest BCUT2D eigenvalue weighted by Crippen LogP contribution is 2.35. The number of benzene rings is 2. The van der Waals surface area contributed by atoms with Gasteiger partial charge in [-0.3, -0.25) is 5.10 Å². The van der Waals surface area contributed by atoms with Crippen molar-refractivity contribution in [1.29, 1.82) is 10.5 Å². The van der Waals surface area contributed by atoms with Gasteiger partial charge in [-0.1, -0.05) is 0 Å². The van der Waals surface area contributed by atoms with Crippen molar-refractivity contribution in [1.82, 2.24) is 20.4 Å². The summed E-state index contributed by atoms with van der Waals surface area (Å²) in [6.45, 7) is 5.87. The molecule has 0 saturated heterocycles. The Morgan fingerprint density at radius 3 is 2.41 bits per heavy atom. The van der Waals surface area contributed by atoms with E-state index in [4.69, 9.17) is 9.47 Å². The average molecular weight is 424 g/mol. The lowest BCUT2D eigenvalue weighted by Gasteiger charge is -2.18. The van der Waals surface area contributed by atoms with E-state index in [9.17, 15) is 10.5 Å². The fourth-order valence-electron chi connectivity index (χ4n) is 3.93. The lowest BCUT2D eigenvalue weighted by molar-refractivity contribution is 0.225. The highest BCUT2D eigenvalue weighted by molar-refractivity contribution is 5.94. The number of methoxy groups -OCH3 is 1. The number of hydrogen-bond donors (Lipinski definition) is 1. The summed E-state index contributed by atoms with van der Waals surface area (Å²) in [5.74, 6) is 0.922. The maximum absolute atomic E-state index is 9.50. The normalized spacial score (nSPS) is 11.6. The van der Waals surface area contributed by atoms with Gasteiger partial charge >= 0.3 is 0 Å². The fourth-order valence-corrected chi connectivity index (χ4v) is 3.93. The second-order valence-corrected chi connectivity index (χ2v) is 7.39. The molecule has 4 rings (SSSR count). The second kappa shape index (κ2) is 8.37. The van der Waals surface area contributed by atoms with Gasteiger partial charge < -0.3 is 9.47 Å². The highest BCUT2D eigenvalue weighted by Gasteiger charge is 2.18. The molecule has 0 aliphatic heterocycles. The summed E-state index contributed by atoms with van der Waals surface area (Å²) in [6, 6.07) is 13.2. The molecule has 0 bridgehead atoms. The third-order valence-corrected chi connectivity index (χ3v) is 5.33. The Balaban J connectivity index is 1.76. The molecule has 2 aromatic carbocycles. The molecule has 4 aromatic rings. The van der Waals surface area contributed by atoms with Crippen LogP contribution in [0.25, 0.3) is 22.2 Å². The lowest BCUT2D eigenvalue weighted by atomic mass is 10.0. The molecule has 8 nitrogen and oxygen atoms in total. The minimum Gasteiger partial charge on any atom is -0.494 e. The van der Waals surface area contributed by atoms with Crippen molar-refractivity contribution in [2.75, 3.05) is 7.11 Å². The molecule has 0 aliphatic rings. The summed E-state index contributed by atoms with van der Waals surface area (Å²) in [5.41, 5.74) is 5.46. The number of aromatic amines is 1. The number of H-pyrrole nitrogens is 1. The van der Waals surface area contributed by atoms with Crippen LogP contribution in [0.4, 0.5) is 0 Å². The van der Waals surface area contributed by atoms with Gasteiger partial charge in [-0.2, -0.15) is 25.8 Å². The maximum atomic E-state index is 9.50. The van der Waals surface area contributed by atoms with Crippen LogP contribution in [0.2, 0.25) is 0 Å². The summed E-state index contributed by atoms with van der Waals surface area (Å²) >= 11 is 0. The number of hydrogen-bond acceptors (Lipinski definition) is 7. The van der Waals surface area contributed by atoms with Gasteiger partial charge in [0.05, 0.1) is 35.6 Å². The molecule has 32 heavy (non-hydrogen) atoms.